The molecule has 3 aromatic carbocycles. The van der Waals surface area contributed by atoms with Gasteiger partial charge in [0.05, 0.1) is 6.54 Å². The first kappa shape index (κ1) is 24.3. The maximum absolute atomic E-state index is 4.63. The Balaban J connectivity index is 1.61. The molecule has 0 aliphatic heterocycles. The molecule has 4 heteroatoms. The molecule has 0 spiro atoms. The minimum absolute atomic E-state index is 0.125. The van der Waals surface area contributed by atoms with E-state index in [1.807, 2.05) is 0 Å². The molecule has 4 rings (SSSR count). The number of rotatable bonds is 6. The minimum Gasteiger partial charge on any atom is -0.298 e. The van der Waals surface area contributed by atoms with E-state index in [-0.39, 0.29) is 10.8 Å². The van der Waals surface area contributed by atoms with Gasteiger partial charge in [0.2, 0.25) is 0 Å². The lowest BCUT2D eigenvalue weighted by Crippen LogP contribution is -2.10. The summed E-state index contributed by atoms with van der Waals surface area (Å²) in [6.45, 7) is 14.2. The van der Waals surface area contributed by atoms with Crippen LogP contribution in [-0.4, -0.2) is 14.8 Å². The van der Waals surface area contributed by atoms with Crippen LogP contribution in [0.2, 0.25) is 0 Å². The Morgan fingerprint density at radius 1 is 0.647 bits per heavy atom. The molecule has 0 N–H and O–H groups in total. The summed E-state index contributed by atoms with van der Waals surface area (Å²) in [5.41, 5.74) is 6.60. The molecule has 0 aliphatic carbocycles. The molecule has 0 fully saturated rings. The zero-order valence-corrected chi connectivity index (χ0v) is 22.0. The van der Waals surface area contributed by atoms with Crippen molar-refractivity contribution in [3.8, 4) is 11.4 Å². The van der Waals surface area contributed by atoms with E-state index in [1.54, 1.807) is 11.8 Å². The van der Waals surface area contributed by atoms with E-state index in [2.05, 4.69) is 135 Å². The molecule has 4 aromatic rings. The van der Waals surface area contributed by atoms with Crippen LogP contribution < -0.4 is 0 Å². The fourth-order valence-electron chi connectivity index (χ4n) is 3.89. The Hall–Kier alpha value is -2.85. The van der Waals surface area contributed by atoms with Gasteiger partial charge in [-0.15, -0.1) is 10.2 Å². The van der Waals surface area contributed by atoms with Gasteiger partial charge in [-0.25, -0.2) is 0 Å². The highest BCUT2D eigenvalue weighted by atomic mass is 32.2. The molecular formula is C30H35N3S. The number of aromatic nitrogens is 3. The second-order valence-electron chi connectivity index (χ2n) is 10.9. The van der Waals surface area contributed by atoms with Crippen molar-refractivity contribution < 1.29 is 0 Å². The van der Waals surface area contributed by atoms with Crippen molar-refractivity contribution in [1.82, 2.24) is 14.8 Å². The van der Waals surface area contributed by atoms with Crippen LogP contribution in [0.25, 0.3) is 11.4 Å². The van der Waals surface area contributed by atoms with Crippen LogP contribution in [0.15, 0.2) is 84.0 Å². The molecule has 1 aromatic heterocycles. The zero-order chi connectivity index (χ0) is 24.3. The average molecular weight is 470 g/mol. The van der Waals surface area contributed by atoms with Crippen molar-refractivity contribution in [3.05, 3.63) is 101 Å². The van der Waals surface area contributed by atoms with Crippen molar-refractivity contribution in [2.45, 2.75) is 69.8 Å². The van der Waals surface area contributed by atoms with Gasteiger partial charge in [0.25, 0.3) is 0 Å². The lowest BCUT2D eigenvalue weighted by Gasteiger charge is -2.19. The fraction of sp³-hybridized carbons (Fsp3) is 0.333. The van der Waals surface area contributed by atoms with Crippen molar-refractivity contribution in [1.29, 1.82) is 0 Å². The average Bonchev–Trinajstić information content (AvgIpc) is 3.20. The largest absolute Gasteiger partial charge is 0.298 e. The van der Waals surface area contributed by atoms with Gasteiger partial charge in [0, 0.05) is 11.3 Å². The molecule has 3 nitrogen and oxygen atoms in total. The van der Waals surface area contributed by atoms with E-state index in [9.17, 15) is 0 Å². The zero-order valence-electron chi connectivity index (χ0n) is 21.2. The maximum atomic E-state index is 4.63. The predicted octanol–water partition coefficient (Wildman–Crippen LogP) is 7.88. The first-order valence-electron chi connectivity index (χ1n) is 11.9. The molecule has 0 radical (unpaired) electrons. The van der Waals surface area contributed by atoms with E-state index in [1.165, 1.54) is 22.3 Å². The third-order valence-corrected chi connectivity index (χ3v) is 7.14. The van der Waals surface area contributed by atoms with Gasteiger partial charge in [-0.3, -0.25) is 4.57 Å². The Morgan fingerprint density at radius 2 is 1.21 bits per heavy atom. The van der Waals surface area contributed by atoms with Crippen molar-refractivity contribution in [2.75, 3.05) is 0 Å². The number of nitrogens with zero attached hydrogens (tertiary/aromatic N) is 3. The van der Waals surface area contributed by atoms with Crippen LogP contribution in [0, 0.1) is 0 Å². The Bertz CT molecular complexity index is 1210. The summed E-state index contributed by atoms with van der Waals surface area (Å²) in [7, 11) is 0. The summed E-state index contributed by atoms with van der Waals surface area (Å²) < 4.78 is 2.25. The van der Waals surface area contributed by atoms with Crippen molar-refractivity contribution >= 4 is 11.8 Å². The van der Waals surface area contributed by atoms with Crippen LogP contribution in [0.1, 0.15) is 63.8 Å². The van der Waals surface area contributed by atoms with Gasteiger partial charge >= 0.3 is 0 Å². The first-order valence-corrected chi connectivity index (χ1v) is 12.9. The molecule has 0 saturated heterocycles. The van der Waals surface area contributed by atoms with Gasteiger partial charge in [0.1, 0.15) is 0 Å². The quantitative estimate of drug-likeness (QED) is 0.269. The third-order valence-electron chi connectivity index (χ3n) is 6.10. The third kappa shape index (κ3) is 5.79. The topological polar surface area (TPSA) is 30.7 Å². The second kappa shape index (κ2) is 9.79. The summed E-state index contributed by atoms with van der Waals surface area (Å²) in [5.74, 6) is 1.77. The first-order chi connectivity index (χ1) is 16.1. The Labute approximate surface area is 208 Å². The molecule has 1 heterocycles. The van der Waals surface area contributed by atoms with Gasteiger partial charge in [-0.2, -0.15) is 0 Å². The molecule has 0 bridgehead atoms. The Kier molecular flexibility index (Phi) is 6.99. The number of hydrogen-bond acceptors (Lipinski definition) is 3. The number of thioether (sulfide) groups is 1. The molecule has 0 aliphatic rings. The van der Waals surface area contributed by atoms with Crippen LogP contribution in [0.3, 0.4) is 0 Å². The predicted molar refractivity (Wildman–Crippen MR) is 144 cm³/mol. The van der Waals surface area contributed by atoms with E-state index < -0.39 is 0 Å². The molecular weight excluding hydrogens is 434 g/mol. The monoisotopic (exact) mass is 469 g/mol. The summed E-state index contributed by atoms with van der Waals surface area (Å²) >= 11 is 1.75. The normalized spacial score (nSPS) is 12.2. The fourth-order valence-corrected chi connectivity index (χ4v) is 4.78. The lowest BCUT2D eigenvalue weighted by atomic mass is 9.87. The van der Waals surface area contributed by atoms with E-state index in [0.29, 0.717) is 0 Å². The summed E-state index contributed by atoms with van der Waals surface area (Å²) in [4.78, 5) is 0. The van der Waals surface area contributed by atoms with Gasteiger partial charge < -0.3 is 0 Å². The van der Waals surface area contributed by atoms with Gasteiger partial charge in [0.15, 0.2) is 11.0 Å². The molecule has 0 unspecified atom stereocenters. The second-order valence-corrected chi connectivity index (χ2v) is 11.9. The van der Waals surface area contributed by atoms with E-state index in [4.69, 9.17) is 0 Å². The smallest absolute Gasteiger partial charge is 0.192 e. The maximum Gasteiger partial charge on any atom is 0.192 e. The lowest BCUT2D eigenvalue weighted by molar-refractivity contribution is 0.590. The Morgan fingerprint density at radius 3 is 1.76 bits per heavy atom. The summed E-state index contributed by atoms with van der Waals surface area (Å²) in [6, 6.07) is 28.3. The highest BCUT2D eigenvalue weighted by molar-refractivity contribution is 7.98. The van der Waals surface area contributed by atoms with Gasteiger partial charge in [-0.05, 0) is 33.1 Å². The summed E-state index contributed by atoms with van der Waals surface area (Å²) in [6.07, 6.45) is 0. The number of hydrogen-bond donors (Lipinski definition) is 0. The van der Waals surface area contributed by atoms with E-state index >= 15 is 0 Å². The number of benzene rings is 3. The van der Waals surface area contributed by atoms with Crippen LogP contribution in [0.5, 0.6) is 0 Å². The SMILES string of the molecule is CC(C)(C)c1ccc(CSc2nnc(-c3ccc(C(C)(C)C)cc3)n2Cc2ccccc2)cc1. The molecule has 34 heavy (non-hydrogen) atoms. The molecule has 0 atom stereocenters. The van der Waals surface area contributed by atoms with Crippen LogP contribution in [0.4, 0.5) is 0 Å². The minimum atomic E-state index is 0.125. The van der Waals surface area contributed by atoms with Crippen LogP contribution >= 0.6 is 11.8 Å². The summed E-state index contributed by atoms with van der Waals surface area (Å²) in [5, 5.41) is 10.2. The van der Waals surface area contributed by atoms with Crippen molar-refractivity contribution in [3.63, 3.8) is 0 Å². The molecule has 0 saturated carbocycles. The van der Waals surface area contributed by atoms with Crippen LogP contribution in [-0.2, 0) is 23.1 Å². The molecule has 0 amide bonds. The van der Waals surface area contributed by atoms with Crippen molar-refractivity contribution in [2.24, 2.45) is 0 Å². The highest BCUT2D eigenvalue weighted by Gasteiger charge is 2.18. The highest BCUT2D eigenvalue weighted by Crippen LogP contribution is 2.30. The molecule has 176 valence electrons. The van der Waals surface area contributed by atoms with E-state index in [0.717, 1.165) is 28.8 Å². The standard InChI is InChI=1S/C30H35N3S/c1-29(2,3)25-16-12-23(13-17-25)21-34-28-32-31-27(33(28)20-22-10-8-7-9-11-22)24-14-18-26(19-15-24)30(4,5)6/h7-19H,20-21H2,1-6H3. The van der Waals surface area contributed by atoms with Gasteiger partial charge in [-0.1, -0.05) is 132 Å².